The number of hydrogen-bond donors (Lipinski definition) is 1. The summed E-state index contributed by atoms with van der Waals surface area (Å²) in [6, 6.07) is 0. The summed E-state index contributed by atoms with van der Waals surface area (Å²) in [7, 11) is -3.22. The van der Waals surface area contributed by atoms with Crippen molar-refractivity contribution in [1.82, 2.24) is 0 Å². The van der Waals surface area contributed by atoms with Gasteiger partial charge in [-0.25, -0.2) is 13.6 Å². The van der Waals surface area contributed by atoms with Gasteiger partial charge in [-0.1, -0.05) is 51.1 Å². The number of unbranched alkanes of at least 4 members (excludes halogenated alkanes) is 5. The minimum atomic E-state index is -3.22. The summed E-state index contributed by atoms with van der Waals surface area (Å²) < 4.78 is 21.0. The minimum absolute atomic E-state index is 0.138. The Morgan fingerprint density at radius 1 is 0.941 bits per heavy atom. The number of sulfonamides is 1. The summed E-state index contributed by atoms with van der Waals surface area (Å²) in [6.07, 6.45) is 7.36. The fraction of sp³-hybridized carbons (Fsp3) is 1.00. The number of nitroso groups, excluding NO2 is 1. The highest BCUT2D eigenvalue weighted by atomic mass is 32.2. The molecular weight excluding hydrogens is 240 g/mol. The van der Waals surface area contributed by atoms with Crippen LogP contribution in [0.3, 0.4) is 0 Å². The van der Waals surface area contributed by atoms with E-state index in [1.807, 2.05) is 6.92 Å². The summed E-state index contributed by atoms with van der Waals surface area (Å²) in [4.78, 5) is 9.15. The standard InChI is InChI=1S/C8H19NO2S.C3H7NO/c1-2-3-4-5-6-7-8-12(9,10)11;1-2-3-4-5/h2-8H2,1H3,(H2,9,10,11);2-3H2,1H3. The molecule has 17 heavy (non-hydrogen) atoms. The lowest BCUT2D eigenvalue weighted by atomic mass is 10.1. The Bertz CT molecular complexity index is 253. The largest absolute Gasteiger partial charge is 0.229 e. The van der Waals surface area contributed by atoms with E-state index in [-0.39, 0.29) is 5.75 Å². The van der Waals surface area contributed by atoms with Crippen LogP contribution in [0.25, 0.3) is 0 Å². The lowest BCUT2D eigenvalue weighted by molar-refractivity contribution is 0.585. The van der Waals surface area contributed by atoms with Crippen LogP contribution in [0.15, 0.2) is 5.18 Å². The molecule has 2 N–H and O–H groups in total. The van der Waals surface area contributed by atoms with Crippen LogP contribution < -0.4 is 5.14 Å². The predicted octanol–water partition coefficient (Wildman–Crippen LogP) is 2.80. The van der Waals surface area contributed by atoms with Gasteiger partial charge in [-0.3, -0.25) is 0 Å². The van der Waals surface area contributed by atoms with E-state index in [4.69, 9.17) is 10.0 Å². The SMILES string of the molecule is CCCCCCCCS(N)(=O)=O.CCCN=O. The molecular formula is C11H26N2O3S. The molecule has 0 rings (SSSR count). The molecule has 0 atom stereocenters. The van der Waals surface area contributed by atoms with Gasteiger partial charge in [-0.2, -0.15) is 4.91 Å². The van der Waals surface area contributed by atoms with E-state index in [0.29, 0.717) is 13.0 Å². The third-order valence-electron chi connectivity index (χ3n) is 2.10. The maximum Gasteiger partial charge on any atom is 0.209 e. The third kappa shape index (κ3) is 25.6. The summed E-state index contributed by atoms with van der Waals surface area (Å²) in [5.41, 5.74) is 0. The highest BCUT2D eigenvalue weighted by Crippen LogP contribution is 2.05. The second-order valence-electron chi connectivity index (χ2n) is 3.99. The molecule has 0 heterocycles. The van der Waals surface area contributed by atoms with E-state index < -0.39 is 10.0 Å². The van der Waals surface area contributed by atoms with Gasteiger partial charge in [-0.05, 0) is 12.8 Å². The first-order chi connectivity index (χ1) is 7.97. The highest BCUT2D eigenvalue weighted by molar-refractivity contribution is 7.89. The third-order valence-corrected chi connectivity index (χ3v) is 2.96. The van der Waals surface area contributed by atoms with E-state index in [2.05, 4.69) is 12.1 Å². The molecule has 0 aliphatic carbocycles. The predicted molar refractivity (Wildman–Crippen MR) is 72.3 cm³/mol. The normalized spacial score (nSPS) is 10.5. The van der Waals surface area contributed by atoms with Crippen LogP contribution in [-0.2, 0) is 10.0 Å². The summed E-state index contributed by atoms with van der Waals surface area (Å²) in [5.74, 6) is 0.138. The van der Waals surface area contributed by atoms with Crippen LogP contribution in [0, 0.1) is 4.91 Å². The average Bonchev–Trinajstić information content (AvgIpc) is 2.24. The molecule has 6 heteroatoms. The van der Waals surface area contributed by atoms with Gasteiger partial charge < -0.3 is 0 Å². The zero-order valence-electron chi connectivity index (χ0n) is 11.0. The van der Waals surface area contributed by atoms with Crippen molar-refractivity contribution in [2.75, 3.05) is 12.3 Å². The zero-order valence-corrected chi connectivity index (χ0v) is 11.8. The molecule has 0 spiro atoms. The second kappa shape index (κ2) is 13.6. The lowest BCUT2D eigenvalue weighted by Crippen LogP contribution is -2.16. The quantitative estimate of drug-likeness (QED) is 0.514. The van der Waals surface area contributed by atoms with Crippen molar-refractivity contribution in [2.45, 2.75) is 58.8 Å². The van der Waals surface area contributed by atoms with Gasteiger partial charge in [0.1, 0.15) is 0 Å². The second-order valence-corrected chi connectivity index (χ2v) is 5.72. The van der Waals surface area contributed by atoms with Crippen molar-refractivity contribution >= 4 is 10.0 Å². The number of primary sulfonamides is 1. The Balaban J connectivity index is 0. The van der Waals surface area contributed by atoms with Gasteiger partial charge in [0.25, 0.3) is 0 Å². The smallest absolute Gasteiger partial charge is 0.209 e. The minimum Gasteiger partial charge on any atom is -0.229 e. The van der Waals surface area contributed by atoms with Gasteiger partial charge in [0.2, 0.25) is 10.0 Å². The Hall–Kier alpha value is -0.490. The first kappa shape index (κ1) is 18.9. The van der Waals surface area contributed by atoms with Crippen LogP contribution in [0.4, 0.5) is 0 Å². The van der Waals surface area contributed by atoms with Gasteiger partial charge in [0.05, 0.1) is 12.3 Å². The maximum atomic E-state index is 10.5. The van der Waals surface area contributed by atoms with Crippen molar-refractivity contribution in [1.29, 1.82) is 0 Å². The van der Waals surface area contributed by atoms with Crippen molar-refractivity contribution in [2.24, 2.45) is 10.3 Å². The fourth-order valence-corrected chi connectivity index (χ4v) is 1.78. The molecule has 0 amide bonds. The number of nitrogens with zero attached hydrogens (tertiary/aromatic N) is 1. The summed E-state index contributed by atoms with van der Waals surface area (Å²) in [6.45, 7) is 4.53. The van der Waals surface area contributed by atoms with E-state index in [0.717, 1.165) is 19.3 Å². The van der Waals surface area contributed by atoms with Gasteiger partial charge in [0.15, 0.2) is 0 Å². The topological polar surface area (TPSA) is 89.6 Å². The van der Waals surface area contributed by atoms with Gasteiger partial charge in [-0.15, -0.1) is 0 Å². The van der Waals surface area contributed by atoms with E-state index in [1.54, 1.807) is 0 Å². The molecule has 0 aliphatic rings. The zero-order chi connectivity index (χ0) is 13.6. The monoisotopic (exact) mass is 266 g/mol. The molecule has 0 fully saturated rings. The molecule has 0 saturated carbocycles. The first-order valence-electron chi connectivity index (χ1n) is 6.27. The molecule has 0 aromatic rings. The molecule has 0 aromatic heterocycles. The first-order valence-corrected chi connectivity index (χ1v) is 7.99. The molecule has 0 aliphatic heterocycles. The molecule has 5 nitrogen and oxygen atoms in total. The molecule has 0 saturated heterocycles. The Kier molecular flexibility index (Phi) is 15.1. The fourth-order valence-electron chi connectivity index (χ4n) is 1.17. The Labute approximate surface area is 105 Å². The highest BCUT2D eigenvalue weighted by Gasteiger charge is 2.00. The van der Waals surface area contributed by atoms with Crippen molar-refractivity contribution in [3.8, 4) is 0 Å². The molecule has 0 bridgehead atoms. The van der Waals surface area contributed by atoms with Crippen molar-refractivity contribution in [3.05, 3.63) is 4.91 Å². The average molecular weight is 266 g/mol. The Morgan fingerprint density at radius 3 is 1.82 bits per heavy atom. The maximum absolute atomic E-state index is 10.5. The van der Waals surface area contributed by atoms with Crippen LogP contribution in [-0.4, -0.2) is 20.7 Å². The van der Waals surface area contributed by atoms with Crippen molar-refractivity contribution in [3.63, 3.8) is 0 Å². The number of rotatable bonds is 9. The molecule has 104 valence electrons. The van der Waals surface area contributed by atoms with Crippen LogP contribution in [0.1, 0.15) is 58.8 Å². The van der Waals surface area contributed by atoms with Crippen LogP contribution >= 0.6 is 0 Å². The lowest BCUT2D eigenvalue weighted by Gasteiger charge is -1.98. The van der Waals surface area contributed by atoms with E-state index >= 15 is 0 Å². The van der Waals surface area contributed by atoms with Gasteiger partial charge >= 0.3 is 0 Å². The van der Waals surface area contributed by atoms with E-state index in [1.165, 1.54) is 19.3 Å². The van der Waals surface area contributed by atoms with Crippen LogP contribution in [0.2, 0.25) is 0 Å². The summed E-state index contributed by atoms with van der Waals surface area (Å²) >= 11 is 0. The van der Waals surface area contributed by atoms with Crippen LogP contribution in [0.5, 0.6) is 0 Å². The van der Waals surface area contributed by atoms with Gasteiger partial charge in [0, 0.05) is 0 Å². The summed E-state index contributed by atoms with van der Waals surface area (Å²) in [5, 5.41) is 7.45. The number of nitrogens with two attached hydrogens (primary N) is 1. The number of hydrogen-bond acceptors (Lipinski definition) is 4. The Morgan fingerprint density at radius 2 is 1.47 bits per heavy atom. The van der Waals surface area contributed by atoms with Crippen molar-refractivity contribution < 1.29 is 8.42 Å². The molecule has 0 unspecified atom stereocenters. The van der Waals surface area contributed by atoms with E-state index in [9.17, 15) is 8.42 Å². The molecule has 0 aromatic carbocycles. The molecule has 0 radical (unpaired) electrons.